The van der Waals surface area contributed by atoms with Gasteiger partial charge >= 0.3 is 5.97 Å². The lowest BCUT2D eigenvalue weighted by Crippen LogP contribution is -2.32. The van der Waals surface area contributed by atoms with Crippen LogP contribution in [0.1, 0.15) is 13.3 Å². The lowest BCUT2D eigenvalue weighted by molar-refractivity contribution is -0.134. The molecular formula is C7H15NO5S2. The summed E-state index contributed by atoms with van der Waals surface area (Å²) in [6, 6.07) is 0. The highest BCUT2D eigenvalue weighted by Gasteiger charge is 2.15. The van der Waals surface area contributed by atoms with E-state index in [9.17, 15) is 17.4 Å². The summed E-state index contributed by atoms with van der Waals surface area (Å²) in [7, 11) is -4.75. The van der Waals surface area contributed by atoms with Crippen LogP contribution in [0.4, 0.5) is 0 Å². The summed E-state index contributed by atoms with van der Waals surface area (Å²) in [4.78, 5) is 10.2. The summed E-state index contributed by atoms with van der Waals surface area (Å²) in [5.74, 6) is -2.33. The van der Waals surface area contributed by atoms with Crippen LogP contribution in [-0.4, -0.2) is 47.5 Å². The Hall–Kier alpha value is -0.470. The van der Waals surface area contributed by atoms with E-state index in [1.807, 2.05) is 0 Å². The molecule has 0 saturated heterocycles. The van der Waals surface area contributed by atoms with E-state index >= 15 is 0 Å². The largest absolute Gasteiger partial charge is 0.480 e. The molecule has 0 bridgehead atoms. The standard InChI is InChI=1S/C7H15NO5S2/c1-6(14(2)11)3-4-8-15(12,13)5-7(9)10/h6,8H,3-5H2,1-2H3,(H,9,10). The van der Waals surface area contributed by atoms with Crippen molar-refractivity contribution in [2.75, 3.05) is 18.6 Å². The molecule has 0 saturated carbocycles. The fourth-order valence-corrected chi connectivity index (χ4v) is 2.10. The van der Waals surface area contributed by atoms with Gasteiger partial charge in [0, 0.05) is 28.9 Å². The van der Waals surface area contributed by atoms with E-state index in [1.165, 1.54) is 6.26 Å². The molecule has 0 aliphatic rings. The number of sulfonamides is 1. The van der Waals surface area contributed by atoms with Crippen LogP contribution in [0.3, 0.4) is 0 Å². The van der Waals surface area contributed by atoms with Gasteiger partial charge in [0.2, 0.25) is 10.0 Å². The molecule has 0 aromatic heterocycles. The summed E-state index contributed by atoms with van der Waals surface area (Å²) in [6.45, 7) is 1.85. The topological polar surface area (TPSA) is 101 Å². The Kier molecular flexibility index (Phi) is 5.99. The zero-order valence-corrected chi connectivity index (χ0v) is 10.2. The van der Waals surface area contributed by atoms with Gasteiger partial charge in [-0.1, -0.05) is 6.92 Å². The summed E-state index contributed by atoms with van der Waals surface area (Å²) < 4.78 is 35.1. The molecule has 6 nitrogen and oxygen atoms in total. The SMILES string of the molecule is CC(CCNS(=O)(=O)CC(=O)O)S(C)=O. The van der Waals surface area contributed by atoms with E-state index in [-0.39, 0.29) is 11.8 Å². The summed E-state index contributed by atoms with van der Waals surface area (Å²) in [5, 5.41) is 8.16. The smallest absolute Gasteiger partial charge is 0.320 e. The van der Waals surface area contributed by atoms with Crippen LogP contribution < -0.4 is 4.72 Å². The van der Waals surface area contributed by atoms with Gasteiger partial charge in [0.25, 0.3) is 0 Å². The maximum absolute atomic E-state index is 11.0. The van der Waals surface area contributed by atoms with E-state index in [1.54, 1.807) is 6.92 Å². The number of carboxylic acid groups (broad SMARTS) is 1. The molecular weight excluding hydrogens is 242 g/mol. The fourth-order valence-electron chi connectivity index (χ4n) is 0.797. The molecule has 0 aliphatic carbocycles. The third-order valence-corrected chi connectivity index (χ3v) is 4.39. The zero-order valence-electron chi connectivity index (χ0n) is 8.60. The number of hydrogen-bond donors (Lipinski definition) is 2. The molecule has 0 heterocycles. The third kappa shape index (κ3) is 7.46. The van der Waals surface area contributed by atoms with Gasteiger partial charge in [0.15, 0.2) is 5.75 Å². The van der Waals surface area contributed by atoms with Gasteiger partial charge < -0.3 is 5.11 Å². The summed E-state index contributed by atoms with van der Waals surface area (Å²) in [5.41, 5.74) is 0. The predicted molar refractivity (Wildman–Crippen MR) is 57.6 cm³/mol. The molecule has 0 radical (unpaired) electrons. The van der Waals surface area contributed by atoms with Crippen molar-refractivity contribution in [3.8, 4) is 0 Å². The first-order valence-corrected chi connectivity index (χ1v) is 7.53. The molecule has 0 fully saturated rings. The van der Waals surface area contributed by atoms with E-state index in [2.05, 4.69) is 4.72 Å². The number of nitrogens with one attached hydrogen (secondary N) is 1. The molecule has 2 N–H and O–H groups in total. The molecule has 0 amide bonds. The summed E-state index contributed by atoms with van der Waals surface area (Å²) >= 11 is 0. The van der Waals surface area contributed by atoms with E-state index < -0.39 is 32.5 Å². The van der Waals surface area contributed by atoms with Crippen LogP contribution >= 0.6 is 0 Å². The van der Waals surface area contributed by atoms with Crippen molar-refractivity contribution in [3.05, 3.63) is 0 Å². The second-order valence-electron chi connectivity index (χ2n) is 3.15. The molecule has 15 heavy (non-hydrogen) atoms. The van der Waals surface area contributed by atoms with Gasteiger partial charge in [0.1, 0.15) is 0 Å². The van der Waals surface area contributed by atoms with Crippen molar-refractivity contribution in [2.24, 2.45) is 0 Å². The number of rotatable bonds is 7. The Morgan fingerprint density at radius 1 is 1.53 bits per heavy atom. The van der Waals surface area contributed by atoms with Crippen molar-refractivity contribution in [2.45, 2.75) is 18.6 Å². The first-order valence-electron chi connectivity index (χ1n) is 4.26. The van der Waals surface area contributed by atoms with Crippen molar-refractivity contribution in [3.63, 3.8) is 0 Å². The lowest BCUT2D eigenvalue weighted by atomic mass is 10.3. The second kappa shape index (κ2) is 6.19. The lowest BCUT2D eigenvalue weighted by Gasteiger charge is -2.08. The molecule has 90 valence electrons. The molecule has 2 atom stereocenters. The Labute approximate surface area is 91.6 Å². The average Bonchev–Trinajstić information content (AvgIpc) is 2.00. The summed E-state index contributed by atoms with van der Waals surface area (Å²) in [6.07, 6.45) is 1.96. The minimum atomic E-state index is -3.75. The minimum absolute atomic E-state index is 0.108. The molecule has 0 aromatic rings. The van der Waals surface area contributed by atoms with Gasteiger partial charge in [-0.15, -0.1) is 0 Å². The number of hydrogen-bond acceptors (Lipinski definition) is 4. The van der Waals surface area contributed by atoms with Crippen LogP contribution in [0.5, 0.6) is 0 Å². The molecule has 0 spiro atoms. The second-order valence-corrected chi connectivity index (χ2v) is 6.75. The highest BCUT2D eigenvalue weighted by Crippen LogP contribution is 1.98. The minimum Gasteiger partial charge on any atom is -0.480 e. The predicted octanol–water partition coefficient (Wildman–Crippen LogP) is -0.852. The Balaban J connectivity index is 3.96. The average molecular weight is 257 g/mol. The maximum Gasteiger partial charge on any atom is 0.320 e. The molecule has 0 aromatic carbocycles. The fraction of sp³-hybridized carbons (Fsp3) is 0.857. The van der Waals surface area contributed by atoms with Crippen molar-refractivity contribution < 1.29 is 22.5 Å². The van der Waals surface area contributed by atoms with Crippen molar-refractivity contribution >= 4 is 26.8 Å². The maximum atomic E-state index is 11.0. The van der Waals surface area contributed by atoms with Gasteiger partial charge in [-0.25, -0.2) is 13.1 Å². The molecule has 0 aliphatic heterocycles. The van der Waals surface area contributed by atoms with Crippen LogP contribution in [-0.2, 0) is 25.6 Å². The molecule has 8 heteroatoms. The van der Waals surface area contributed by atoms with E-state index in [0.717, 1.165) is 0 Å². The van der Waals surface area contributed by atoms with Gasteiger partial charge in [-0.05, 0) is 6.42 Å². The monoisotopic (exact) mass is 257 g/mol. The molecule has 2 unspecified atom stereocenters. The van der Waals surface area contributed by atoms with Gasteiger partial charge in [-0.3, -0.25) is 9.00 Å². The van der Waals surface area contributed by atoms with Gasteiger partial charge in [0.05, 0.1) is 0 Å². The van der Waals surface area contributed by atoms with Crippen LogP contribution in [0, 0.1) is 0 Å². The quantitative estimate of drug-likeness (QED) is 0.618. The normalized spacial score (nSPS) is 15.9. The Morgan fingerprint density at radius 3 is 2.47 bits per heavy atom. The molecule has 0 rings (SSSR count). The number of carbonyl (C=O) groups is 1. The van der Waals surface area contributed by atoms with Crippen LogP contribution in [0.15, 0.2) is 0 Å². The Bertz CT molecular complexity index is 337. The highest BCUT2D eigenvalue weighted by atomic mass is 32.2. The number of carboxylic acids is 1. The van der Waals surface area contributed by atoms with Crippen LogP contribution in [0.25, 0.3) is 0 Å². The first kappa shape index (κ1) is 14.5. The number of aliphatic carboxylic acids is 1. The van der Waals surface area contributed by atoms with Crippen molar-refractivity contribution in [1.29, 1.82) is 0 Å². The highest BCUT2D eigenvalue weighted by molar-refractivity contribution is 7.90. The Morgan fingerprint density at radius 2 is 2.07 bits per heavy atom. The third-order valence-electron chi connectivity index (χ3n) is 1.75. The van der Waals surface area contributed by atoms with E-state index in [4.69, 9.17) is 5.11 Å². The van der Waals surface area contributed by atoms with E-state index in [0.29, 0.717) is 6.42 Å². The van der Waals surface area contributed by atoms with Crippen molar-refractivity contribution in [1.82, 2.24) is 4.72 Å². The van der Waals surface area contributed by atoms with Crippen LogP contribution in [0.2, 0.25) is 0 Å². The first-order chi connectivity index (χ1) is 6.74. The zero-order chi connectivity index (χ0) is 12.1. The van der Waals surface area contributed by atoms with Gasteiger partial charge in [-0.2, -0.15) is 0 Å².